The molecule has 0 radical (unpaired) electrons. The van der Waals surface area contributed by atoms with E-state index in [1.807, 2.05) is 11.5 Å². The second kappa shape index (κ2) is 4.04. The molecule has 0 fully saturated rings. The number of rotatable bonds is 4. The molecule has 1 aromatic rings. The number of unbranched alkanes of at least 4 members (excludes halogenated alkanes) is 1. The molecule has 0 aliphatic heterocycles. The molecule has 0 unspecified atom stereocenters. The molecular weight excluding hydrogens is 152 g/mol. The third-order valence-electron chi connectivity index (χ3n) is 1.87. The minimum atomic E-state index is 0.531. The third-order valence-corrected chi connectivity index (χ3v) is 1.87. The van der Waals surface area contributed by atoms with Gasteiger partial charge in [0.25, 0.3) is 0 Å². The summed E-state index contributed by atoms with van der Waals surface area (Å²) in [5, 5.41) is 0. The van der Waals surface area contributed by atoms with Gasteiger partial charge in [-0.15, -0.1) is 0 Å². The molecule has 3 nitrogen and oxygen atoms in total. The third kappa shape index (κ3) is 1.94. The van der Waals surface area contributed by atoms with Gasteiger partial charge in [-0.3, -0.25) is 4.79 Å². The fraction of sp³-hybridized carbons (Fsp3) is 0.556. The molecule has 0 spiro atoms. The Morgan fingerprint density at radius 2 is 2.42 bits per heavy atom. The van der Waals surface area contributed by atoms with E-state index in [2.05, 4.69) is 11.9 Å². The molecule has 0 bridgehead atoms. The molecule has 1 aromatic heterocycles. The first-order chi connectivity index (χ1) is 5.77. The molecule has 0 saturated carbocycles. The van der Waals surface area contributed by atoms with Crippen molar-refractivity contribution >= 4 is 6.29 Å². The standard InChI is InChI=1S/C9H14N2O/c1-3-4-5-11-6-9(7-12)10-8(11)2/h6-7H,3-5H2,1-2H3. The minimum Gasteiger partial charge on any atom is -0.334 e. The van der Waals surface area contributed by atoms with Gasteiger partial charge in [-0.25, -0.2) is 4.98 Å². The summed E-state index contributed by atoms with van der Waals surface area (Å²) in [6.07, 6.45) is 4.89. The highest BCUT2D eigenvalue weighted by atomic mass is 16.1. The Labute approximate surface area is 72.4 Å². The summed E-state index contributed by atoms with van der Waals surface area (Å²) in [6, 6.07) is 0. The van der Waals surface area contributed by atoms with Gasteiger partial charge in [0.2, 0.25) is 0 Å². The average molecular weight is 166 g/mol. The molecule has 0 aromatic carbocycles. The lowest BCUT2D eigenvalue weighted by Crippen LogP contribution is -1.97. The van der Waals surface area contributed by atoms with Crippen LogP contribution in [-0.2, 0) is 6.54 Å². The fourth-order valence-corrected chi connectivity index (χ4v) is 1.14. The summed E-state index contributed by atoms with van der Waals surface area (Å²) in [6.45, 7) is 5.03. The summed E-state index contributed by atoms with van der Waals surface area (Å²) >= 11 is 0. The fourth-order valence-electron chi connectivity index (χ4n) is 1.14. The number of hydrogen-bond acceptors (Lipinski definition) is 2. The topological polar surface area (TPSA) is 34.9 Å². The van der Waals surface area contributed by atoms with Crippen molar-refractivity contribution in [1.29, 1.82) is 0 Å². The van der Waals surface area contributed by atoms with Crippen molar-refractivity contribution in [3.8, 4) is 0 Å². The summed E-state index contributed by atoms with van der Waals surface area (Å²) < 4.78 is 2.02. The molecule has 0 aliphatic rings. The van der Waals surface area contributed by atoms with E-state index in [9.17, 15) is 4.79 Å². The van der Waals surface area contributed by atoms with E-state index in [1.165, 1.54) is 0 Å². The van der Waals surface area contributed by atoms with Crippen molar-refractivity contribution in [3.05, 3.63) is 17.7 Å². The number of carbonyl (C=O) groups excluding carboxylic acids is 1. The van der Waals surface area contributed by atoms with Gasteiger partial charge < -0.3 is 4.57 Å². The van der Waals surface area contributed by atoms with E-state index in [-0.39, 0.29) is 0 Å². The van der Waals surface area contributed by atoms with Crippen LogP contribution in [0, 0.1) is 6.92 Å². The zero-order valence-electron chi connectivity index (χ0n) is 7.58. The lowest BCUT2D eigenvalue weighted by atomic mass is 10.3. The lowest BCUT2D eigenvalue weighted by Gasteiger charge is -2.01. The van der Waals surface area contributed by atoms with Crippen molar-refractivity contribution in [2.24, 2.45) is 0 Å². The van der Waals surface area contributed by atoms with E-state index in [0.717, 1.165) is 31.5 Å². The highest BCUT2D eigenvalue weighted by molar-refractivity contribution is 5.71. The van der Waals surface area contributed by atoms with Crippen LogP contribution in [0.3, 0.4) is 0 Å². The van der Waals surface area contributed by atoms with Crippen LogP contribution in [0.1, 0.15) is 36.1 Å². The SMILES string of the molecule is CCCCn1cc(C=O)nc1C. The van der Waals surface area contributed by atoms with Gasteiger partial charge in [0, 0.05) is 12.7 Å². The van der Waals surface area contributed by atoms with Crippen LogP contribution in [0.2, 0.25) is 0 Å². The molecule has 0 amide bonds. The van der Waals surface area contributed by atoms with E-state index in [0.29, 0.717) is 5.69 Å². The maximum Gasteiger partial charge on any atom is 0.170 e. The van der Waals surface area contributed by atoms with Crippen molar-refractivity contribution < 1.29 is 4.79 Å². The Morgan fingerprint density at radius 3 is 2.92 bits per heavy atom. The smallest absolute Gasteiger partial charge is 0.170 e. The lowest BCUT2D eigenvalue weighted by molar-refractivity contribution is 0.111. The van der Waals surface area contributed by atoms with Gasteiger partial charge in [0.15, 0.2) is 6.29 Å². The molecular formula is C9H14N2O. The summed E-state index contributed by atoms with van der Waals surface area (Å²) in [7, 11) is 0. The van der Waals surface area contributed by atoms with Crippen LogP contribution in [-0.4, -0.2) is 15.8 Å². The number of aldehydes is 1. The number of aryl methyl sites for hydroxylation is 2. The average Bonchev–Trinajstić information content (AvgIpc) is 2.43. The Morgan fingerprint density at radius 1 is 1.67 bits per heavy atom. The van der Waals surface area contributed by atoms with Gasteiger partial charge in [-0.2, -0.15) is 0 Å². The minimum absolute atomic E-state index is 0.531. The first kappa shape index (κ1) is 8.97. The second-order valence-corrected chi connectivity index (χ2v) is 2.88. The van der Waals surface area contributed by atoms with Gasteiger partial charge in [0.05, 0.1) is 0 Å². The zero-order valence-corrected chi connectivity index (χ0v) is 7.58. The molecule has 0 N–H and O–H groups in total. The van der Waals surface area contributed by atoms with Gasteiger partial charge >= 0.3 is 0 Å². The molecule has 12 heavy (non-hydrogen) atoms. The number of nitrogens with zero attached hydrogens (tertiary/aromatic N) is 2. The van der Waals surface area contributed by atoms with E-state index >= 15 is 0 Å². The first-order valence-corrected chi connectivity index (χ1v) is 4.27. The summed E-state index contributed by atoms with van der Waals surface area (Å²) in [5.74, 6) is 0.922. The maximum absolute atomic E-state index is 10.4. The molecule has 3 heteroatoms. The van der Waals surface area contributed by atoms with Crippen molar-refractivity contribution in [3.63, 3.8) is 0 Å². The largest absolute Gasteiger partial charge is 0.334 e. The highest BCUT2D eigenvalue weighted by Gasteiger charge is 2.01. The highest BCUT2D eigenvalue weighted by Crippen LogP contribution is 2.02. The van der Waals surface area contributed by atoms with E-state index < -0.39 is 0 Å². The molecule has 0 saturated heterocycles. The second-order valence-electron chi connectivity index (χ2n) is 2.88. The molecule has 0 aliphatic carbocycles. The normalized spacial score (nSPS) is 10.2. The van der Waals surface area contributed by atoms with Gasteiger partial charge in [0.1, 0.15) is 11.5 Å². The Bertz CT molecular complexity index is 265. The predicted molar refractivity (Wildman–Crippen MR) is 47.3 cm³/mol. The number of imidazole rings is 1. The van der Waals surface area contributed by atoms with E-state index in [1.54, 1.807) is 6.20 Å². The first-order valence-electron chi connectivity index (χ1n) is 4.27. The number of hydrogen-bond donors (Lipinski definition) is 0. The van der Waals surface area contributed by atoms with Crippen LogP contribution in [0.4, 0.5) is 0 Å². The van der Waals surface area contributed by atoms with Crippen LogP contribution in [0.5, 0.6) is 0 Å². The van der Waals surface area contributed by atoms with Crippen LogP contribution in [0.15, 0.2) is 6.20 Å². The van der Waals surface area contributed by atoms with Crippen LogP contribution < -0.4 is 0 Å². The predicted octanol–water partition coefficient (Wildman–Crippen LogP) is 1.80. The molecule has 1 rings (SSSR count). The monoisotopic (exact) mass is 166 g/mol. The number of aromatic nitrogens is 2. The number of carbonyl (C=O) groups is 1. The Balaban J connectivity index is 2.70. The molecule has 1 heterocycles. The van der Waals surface area contributed by atoms with E-state index in [4.69, 9.17) is 0 Å². The summed E-state index contributed by atoms with van der Waals surface area (Å²) in [5.41, 5.74) is 0.531. The molecule has 0 atom stereocenters. The van der Waals surface area contributed by atoms with Crippen LogP contribution >= 0.6 is 0 Å². The van der Waals surface area contributed by atoms with Gasteiger partial charge in [-0.1, -0.05) is 13.3 Å². The van der Waals surface area contributed by atoms with Crippen molar-refractivity contribution in [1.82, 2.24) is 9.55 Å². The van der Waals surface area contributed by atoms with Gasteiger partial charge in [-0.05, 0) is 13.3 Å². The van der Waals surface area contributed by atoms with Crippen LogP contribution in [0.25, 0.3) is 0 Å². The quantitative estimate of drug-likeness (QED) is 0.639. The maximum atomic E-state index is 10.4. The van der Waals surface area contributed by atoms with Crippen molar-refractivity contribution in [2.45, 2.75) is 33.2 Å². The Hall–Kier alpha value is -1.12. The zero-order chi connectivity index (χ0) is 8.97. The summed E-state index contributed by atoms with van der Waals surface area (Å²) in [4.78, 5) is 14.4. The Kier molecular flexibility index (Phi) is 3.02. The van der Waals surface area contributed by atoms with Crippen molar-refractivity contribution in [2.75, 3.05) is 0 Å². The molecule has 66 valence electrons.